The van der Waals surface area contributed by atoms with Gasteiger partial charge in [-0.2, -0.15) is 10.3 Å². The van der Waals surface area contributed by atoms with Crippen LogP contribution in [0, 0.1) is 11.7 Å². The molecule has 140 valence electrons. The van der Waals surface area contributed by atoms with E-state index in [1.807, 2.05) is 0 Å². The number of benzene rings is 1. The highest BCUT2D eigenvalue weighted by atomic mass is 19.1. The number of nitrogens with zero attached hydrogens (tertiary/aromatic N) is 2. The zero-order valence-electron chi connectivity index (χ0n) is 15.0. The summed E-state index contributed by atoms with van der Waals surface area (Å²) in [5.74, 6) is -0.381. The fourth-order valence-corrected chi connectivity index (χ4v) is 3.27. The van der Waals surface area contributed by atoms with Crippen molar-refractivity contribution in [3.8, 4) is 11.3 Å². The summed E-state index contributed by atoms with van der Waals surface area (Å²) < 4.78 is 25.1. The quantitative estimate of drug-likeness (QED) is 0.757. The highest BCUT2D eigenvalue weighted by Gasteiger charge is 2.20. The Morgan fingerprint density at radius 3 is 2.81 bits per heavy atom. The molecule has 1 heterocycles. The summed E-state index contributed by atoms with van der Waals surface area (Å²) in [5.41, 5.74) is 1.28. The maximum Gasteiger partial charge on any atom is 0.361 e. The van der Waals surface area contributed by atoms with Crippen LogP contribution >= 0.6 is 0 Å². The number of rotatable bonds is 7. The highest BCUT2D eigenvalue weighted by molar-refractivity contribution is 5.93. The van der Waals surface area contributed by atoms with Crippen LogP contribution in [0.3, 0.4) is 0 Å². The fourth-order valence-electron chi connectivity index (χ4n) is 3.27. The molecule has 0 atom stereocenters. The first kappa shape index (κ1) is 18.5. The third kappa shape index (κ3) is 4.46. The van der Waals surface area contributed by atoms with Crippen LogP contribution in [-0.2, 0) is 16.1 Å². The number of hydrogen-bond acceptors (Lipinski definition) is 5. The molecule has 1 aliphatic carbocycles. The molecule has 1 aliphatic rings. The average Bonchev–Trinajstić information content (AvgIpc) is 3.14. The molecule has 1 aromatic carbocycles. The van der Waals surface area contributed by atoms with E-state index in [9.17, 15) is 9.18 Å². The number of nitrogens with one attached hydrogen (secondary N) is 1. The van der Waals surface area contributed by atoms with E-state index in [-0.39, 0.29) is 30.4 Å². The Hall–Kier alpha value is -2.28. The van der Waals surface area contributed by atoms with Crippen LogP contribution in [0.25, 0.3) is 11.3 Å². The normalized spacial score (nSPS) is 15.2. The second kappa shape index (κ2) is 8.89. The van der Waals surface area contributed by atoms with Crippen molar-refractivity contribution in [1.29, 1.82) is 0 Å². The molecule has 0 amide bonds. The maximum atomic E-state index is 14.4. The van der Waals surface area contributed by atoms with Crippen LogP contribution in [0.5, 0.6) is 0 Å². The Labute approximate surface area is 152 Å². The Balaban J connectivity index is 1.64. The molecule has 0 radical (unpaired) electrons. The number of carbonyl (C=O) groups is 1. The summed E-state index contributed by atoms with van der Waals surface area (Å²) in [6.45, 7) is 2.86. The summed E-state index contributed by atoms with van der Waals surface area (Å²) >= 11 is 0. The van der Waals surface area contributed by atoms with Crippen LogP contribution < -0.4 is 0 Å². The first-order chi connectivity index (χ1) is 12.7. The van der Waals surface area contributed by atoms with Crippen molar-refractivity contribution < 1.29 is 18.7 Å². The van der Waals surface area contributed by atoms with Gasteiger partial charge in [0.05, 0.1) is 13.2 Å². The van der Waals surface area contributed by atoms with E-state index in [1.165, 1.54) is 38.2 Å². The zero-order chi connectivity index (χ0) is 18.4. The number of aromatic amines is 1. The molecule has 3 rings (SSSR count). The van der Waals surface area contributed by atoms with Gasteiger partial charge in [-0.15, -0.1) is 5.10 Å². The lowest BCUT2D eigenvalue weighted by atomic mass is 9.90. The van der Waals surface area contributed by atoms with Crippen molar-refractivity contribution in [2.45, 2.75) is 45.6 Å². The Bertz CT molecular complexity index is 741. The number of halogens is 1. The predicted octanol–water partition coefficient (Wildman–Crippen LogP) is 3.88. The topological polar surface area (TPSA) is 77.1 Å². The van der Waals surface area contributed by atoms with Crippen molar-refractivity contribution in [3.63, 3.8) is 0 Å². The van der Waals surface area contributed by atoms with Crippen molar-refractivity contribution in [2.24, 2.45) is 5.92 Å². The molecule has 26 heavy (non-hydrogen) atoms. The van der Waals surface area contributed by atoms with Gasteiger partial charge in [-0.25, -0.2) is 9.18 Å². The van der Waals surface area contributed by atoms with E-state index >= 15 is 0 Å². The Kier molecular flexibility index (Phi) is 6.33. The van der Waals surface area contributed by atoms with Gasteiger partial charge in [0, 0.05) is 17.7 Å². The van der Waals surface area contributed by atoms with E-state index in [1.54, 1.807) is 19.1 Å². The van der Waals surface area contributed by atoms with Gasteiger partial charge < -0.3 is 9.47 Å². The molecular formula is C19H24FN3O3. The largest absolute Gasteiger partial charge is 0.461 e. The molecule has 0 bridgehead atoms. The smallest absolute Gasteiger partial charge is 0.361 e. The SMILES string of the molecule is CCOC(=O)c1n[nH]nc1-c1ccc(COCC2CCCCC2)c(F)c1. The van der Waals surface area contributed by atoms with E-state index < -0.39 is 5.97 Å². The molecule has 1 saturated carbocycles. The number of H-pyrrole nitrogens is 1. The van der Waals surface area contributed by atoms with Gasteiger partial charge >= 0.3 is 5.97 Å². The highest BCUT2D eigenvalue weighted by Crippen LogP contribution is 2.25. The third-order valence-corrected chi connectivity index (χ3v) is 4.68. The Morgan fingerprint density at radius 1 is 1.27 bits per heavy atom. The summed E-state index contributed by atoms with van der Waals surface area (Å²) in [6, 6.07) is 4.72. The lowest BCUT2D eigenvalue weighted by Crippen LogP contribution is -2.13. The van der Waals surface area contributed by atoms with Gasteiger partial charge in [-0.3, -0.25) is 0 Å². The van der Waals surface area contributed by atoms with Gasteiger partial charge in [0.1, 0.15) is 11.5 Å². The van der Waals surface area contributed by atoms with Gasteiger partial charge in [-0.1, -0.05) is 31.4 Å². The van der Waals surface area contributed by atoms with Gasteiger partial charge in [0.2, 0.25) is 0 Å². The van der Waals surface area contributed by atoms with Crippen LogP contribution in [0.4, 0.5) is 4.39 Å². The van der Waals surface area contributed by atoms with Gasteiger partial charge in [0.15, 0.2) is 5.69 Å². The molecule has 1 aromatic heterocycles. The molecular weight excluding hydrogens is 337 g/mol. The number of carbonyl (C=O) groups excluding carboxylic acids is 1. The predicted molar refractivity (Wildman–Crippen MR) is 94.0 cm³/mol. The third-order valence-electron chi connectivity index (χ3n) is 4.68. The van der Waals surface area contributed by atoms with Crippen LogP contribution in [0.15, 0.2) is 18.2 Å². The number of esters is 1. The second-order valence-electron chi connectivity index (χ2n) is 6.57. The molecule has 6 nitrogen and oxygen atoms in total. The van der Waals surface area contributed by atoms with Gasteiger partial charge in [-0.05, 0) is 31.7 Å². The van der Waals surface area contributed by atoms with E-state index in [2.05, 4.69) is 15.4 Å². The van der Waals surface area contributed by atoms with Crippen molar-refractivity contribution in [2.75, 3.05) is 13.2 Å². The minimum absolute atomic E-state index is 0.0487. The summed E-state index contributed by atoms with van der Waals surface area (Å²) in [5, 5.41) is 10.1. The minimum Gasteiger partial charge on any atom is -0.461 e. The second-order valence-corrected chi connectivity index (χ2v) is 6.57. The molecule has 7 heteroatoms. The molecule has 0 unspecified atom stereocenters. The Morgan fingerprint density at radius 2 is 2.08 bits per heavy atom. The maximum absolute atomic E-state index is 14.4. The van der Waals surface area contributed by atoms with Crippen LogP contribution in [0.2, 0.25) is 0 Å². The first-order valence-electron chi connectivity index (χ1n) is 9.13. The monoisotopic (exact) mass is 361 g/mol. The summed E-state index contributed by atoms with van der Waals surface area (Å²) in [6.07, 6.45) is 6.23. The molecule has 0 spiro atoms. The first-order valence-corrected chi connectivity index (χ1v) is 9.13. The molecule has 0 aliphatic heterocycles. The van der Waals surface area contributed by atoms with Crippen LogP contribution in [-0.4, -0.2) is 34.6 Å². The standard InChI is InChI=1S/C19H24FN3O3/c1-2-26-19(24)18-17(21-23-22-18)14-8-9-15(16(20)10-14)12-25-11-13-6-4-3-5-7-13/h8-10,13H,2-7,11-12H2,1H3,(H,21,22,23). The molecule has 1 fully saturated rings. The number of aromatic nitrogens is 3. The lowest BCUT2D eigenvalue weighted by Gasteiger charge is -2.21. The van der Waals surface area contributed by atoms with E-state index in [0.29, 0.717) is 23.7 Å². The van der Waals surface area contributed by atoms with Crippen molar-refractivity contribution in [1.82, 2.24) is 15.4 Å². The van der Waals surface area contributed by atoms with Crippen molar-refractivity contribution >= 4 is 5.97 Å². The lowest BCUT2D eigenvalue weighted by molar-refractivity contribution is 0.0520. The fraction of sp³-hybridized carbons (Fsp3) is 0.526. The minimum atomic E-state index is -0.587. The van der Waals surface area contributed by atoms with E-state index in [4.69, 9.17) is 9.47 Å². The van der Waals surface area contributed by atoms with Gasteiger partial charge in [0.25, 0.3) is 0 Å². The van der Waals surface area contributed by atoms with Crippen molar-refractivity contribution in [3.05, 3.63) is 35.3 Å². The summed E-state index contributed by atoms with van der Waals surface area (Å²) in [7, 11) is 0. The van der Waals surface area contributed by atoms with Crippen LogP contribution in [0.1, 0.15) is 55.1 Å². The molecule has 1 N–H and O–H groups in total. The molecule has 2 aromatic rings. The zero-order valence-corrected chi connectivity index (χ0v) is 15.0. The average molecular weight is 361 g/mol. The van der Waals surface area contributed by atoms with E-state index in [0.717, 1.165) is 0 Å². The molecule has 0 saturated heterocycles. The number of hydrogen-bond donors (Lipinski definition) is 1. The number of ether oxygens (including phenoxy) is 2. The summed E-state index contributed by atoms with van der Waals surface area (Å²) in [4.78, 5) is 11.9.